The zero-order valence-electron chi connectivity index (χ0n) is 11.2. The fourth-order valence-electron chi connectivity index (χ4n) is 3.59. The van der Waals surface area contributed by atoms with Crippen LogP contribution in [0.2, 0.25) is 0 Å². The standard InChI is InChI=1S/C14H21N3OS/c15-14-16-11(9-19-14)8-13(18)17-7-3-5-10-4-1-2-6-12(10)17/h9-10,12H,1-8H2,(H2,15,16). The van der Waals surface area contributed by atoms with Crippen molar-refractivity contribution in [3.05, 3.63) is 11.1 Å². The Morgan fingerprint density at radius 3 is 2.95 bits per heavy atom. The number of hydrogen-bond acceptors (Lipinski definition) is 4. The summed E-state index contributed by atoms with van der Waals surface area (Å²) in [6.45, 7) is 0.930. The third kappa shape index (κ3) is 2.76. The lowest BCUT2D eigenvalue weighted by Gasteiger charge is -2.44. The highest BCUT2D eigenvalue weighted by Crippen LogP contribution is 2.35. The second-order valence-electron chi connectivity index (χ2n) is 5.70. The molecule has 2 aliphatic rings. The number of amides is 1. The molecule has 0 spiro atoms. The van der Waals surface area contributed by atoms with Crippen molar-refractivity contribution >= 4 is 22.4 Å². The van der Waals surface area contributed by atoms with Crippen molar-refractivity contribution in [2.45, 2.75) is 51.0 Å². The maximum absolute atomic E-state index is 12.5. The number of aromatic nitrogens is 1. The van der Waals surface area contributed by atoms with Gasteiger partial charge in [0.15, 0.2) is 5.13 Å². The predicted molar refractivity (Wildman–Crippen MR) is 76.9 cm³/mol. The second kappa shape index (κ2) is 5.49. The first kappa shape index (κ1) is 12.9. The van der Waals surface area contributed by atoms with Crippen molar-refractivity contribution < 1.29 is 4.79 Å². The molecule has 104 valence electrons. The molecule has 4 nitrogen and oxygen atoms in total. The molecule has 2 atom stereocenters. The van der Waals surface area contributed by atoms with Crippen LogP contribution in [-0.2, 0) is 11.2 Å². The molecule has 1 saturated carbocycles. The summed E-state index contributed by atoms with van der Waals surface area (Å²) in [6.07, 6.45) is 7.98. The minimum atomic E-state index is 0.238. The highest BCUT2D eigenvalue weighted by atomic mass is 32.1. The number of carbonyl (C=O) groups excluding carboxylic acids is 1. The molecule has 5 heteroatoms. The average molecular weight is 279 g/mol. The minimum absolute atomic E-state index is 0.238. The van der Waals surface area contributed by atoms with Gasteiger partial charge in [0.1, 0.15) is 0 Å². The molecule has 1 aliphatic heterocycles. The Kier molecular flexibility index (Phi) is 3.73. The van der Waals surface area contributed by atoms with E-state index in [1.807, 2.05) is 5.38 Å². The van der Waals surface area contributed by atoms with Gasteiger partial charge in [-0.05, 0) is 31.6 Å². The molecular weight excluding hydrogens is 258 g/mol. The van der Waals surface area contributed by atoms with Crippen molar-refractivity contribution in [1.82, 2.24) is 9.88 Å². The Balaban J connectivity index is 1.67. The van der Waals surface area contributed by atoms with Gasteiger partial charge in [-0.25, -0.2) is 4.98 Å². The minimum Gasteiger partial charge on any atom is -0.375 e. The Bertz CT molecular complexity index is 457. The first-order valence-corrected chi connectivity index (χ1v) is 8.11. The molecule has 0 bridgehead atoms. The van der Waals surface area contributed by atoms with E-state index < -0.39 is 0 Å². The average Bonchev–Trinajstić information content (AvgIpc) is 2.83. The van der Waals surface area contributed by atoms with Crippen LogP contribution in [0.3, 0.4) is 0 Å². The normalized spacial score (nSPS) is 27.1. The number of nitrogens with two attached hydrogens (primary N) is 1. The molecule has 3 rings (SSSR count). The number of hydrogen-bond donors (Lipinski definition) is 1. The summed E-state index contributed by atoms with van der Waals surface area (Å²) in [5.41, 5.74) is 6.45. The molecular formula is C14H21N3OS. The summed E-state index contributed by atoms with van der Waals surface area (Å²) in [4.78, 5) is 18.8. The summed E-state index contributed by atoms with van der Waals surface area (Å²) < 4.78 is 0. The first-order chi connectivity index (χ1) is 9.24. The van der Waals surface area contributed by atoms with Crippen molar-refractivity contribution in [3.63, 3.8) is 0 Å². The van der Waals surface area contributed by atoms with Gasteiger partial charge in [0.05, 0.1) is 12.1 Å². The van der Waals surface area contributed by atoms with E-state index in [1.54, 1.807) is 0 Å². The van der Waals surface area contributed by atoms with Crippen LogP contribution in [0.25, 0.3) is 0 Å². The molecule has 2 fully saturated rings. The van der Waals surface area contributed by atoms with E-state index in [-0.39, 0.29) is 5.91 Å². The molecule has 1 aliphatic carbocycles. The number of rotatable bonds is 2. The van der Waals surface area contributed by atoms with Crippen LogP contribution in [0.5, 0.6) is 0 Å². The van der Waals surface area contributed by atoms with Gasteiger partial charge in [-0.1, -0.05) is 12.8 Å². The van der Waals surface area contributed by atoms with Crippen molar-refractivity contribution in [3.8, 4) is 0 Å². The molecule has 0 radical (unpaired) electrons. The SMILES string of the molecule is Nc1nc(CC(=O)N2CCCC3CCCCC32)cs1. The van der Waals surface area contributed by atoms with Crippen molar-refractivity contribution in [1.29, 1.82) is 0 Å². The van der Waals surface area contributed by atoms with E-state index in [1.165, 1.54) is 43.4 Å². The van der Waals surface area contributed by atoms with E-state index in [4.69, 9.17) is 5.73 Å². The Morgan fingerprint density at radius 1 is 1.37 bits per heavy atom. The number of anilines is 1. The van der Waals surface area contributed by atoms with Gasteiger partial charge in [-0.2, -0.15) is 0 Å². The third-order valence-electron chi connectivity index (χ3n) is 4.47. The van der Waals surface area contributed by atoms with E-state index >= 15 is 0 Å². The van der Waals surface area contributed by atoms with Gasteiger partial charge in [0, 0.05) is 18.0 Å². The topological polar surface area (TPSA) is 59.2 Å². The molecule has 0 aromatic carbocycles. The van der Waals surface area contributed by atoms with E-state index in [2.05, 4.69) is 9.88 Å². The number of piperidine rings is 1. The second-order valence-corrected chi connectivity index (χ2v) is 6.58. The van der Waals surface area contributed by atoms with Crippen LogP contribution < -0.4 is 5.73 Å². The number of nitrogen functional groups attached to an aromatic ring is 1. The molecule has 1 aromatic rings. The molecule has 2 heterocycles. The molecule has 1 amide bonds. The Morgan fingerprint density at radius 2 is 2.16 bits per heavy atom. The summed E-state index contributed by atoms with van der Waals surface area (Å²) in [5, 5.41) is 2.45. The first-order valence-electron chi connectivity index (χ1n) is 7.23. The molecule has 2 N–H and O–H groups in total. The van der Waals surface area contributed by atoms with Crippen LogP contribution in [0.1, 0.15) is 44.2 Å². The zero-order valence-corrected chi connectivity index (χ0v) is 12.0. The lowest BCUT2D eigenvalue weighted by molar-refractivity contribution is -0.136. The fraction of sp³-hybridized carbons (Fsp3) is 0.714. The van der Waals surface area contributed by atoms with Gasteiger partial charge < -0.3 is 10.6 Å². The number of fused-ring (bicyclic) bond motifs is 1. The van der Waals surface area contributed by atoms with E-state index in [0.29, 0.717) is 17.6 Å². The van der Waals surface area contributed by atoms with Gasteiger partial charge in [-0.3, -0.25) is 4.79 Å². The third-order valence-corrected chi connectivity index (χ3v) is 5.19. The fourth-order valence-corrected chi connectivity index (χ4v) is 4.16. The summed E-state index contributed by atoms with van der Waals surface area (Å²) in [6, 6.07) is 0.492. The van der Waals surface area contributed by atoms with E-state index in [0.717, 1.165) is 24.6 Å². The number of likely N-dealkylation sites (tertiary alicyclic amines) is 1. The highest BCUT2D eigenvalue weighted by molar-refractivity contribution is 7.13. The number of thiazole rings is 1. The number of carbonyl (C=O) groups is 1. The van der Waals surface area contributed by atoms with Gasteiger partial charge >= 0.3 is 0 Å². The van der Waals surface area contributed by atoms with Crippen LogP contribution >= 0.6 is 11.3 Å². The van der Waals surface area contributed by atoms with Crippen molar-refractivity contribution in [2.24, 2.45) is 5.92 Å². The van der Waals surface area contributed by atoms with Gasteiger partial charge in [0.25, 0.3) is 0 Å². The van der Waals surface area contributed by atoms with Crippen LogP contribution in [-0.4, -0.2) is 28.4 Å². The van der Waals surface area contributed by atoms with Crippen LogP contribution in [0.4, 0.5) is 5.13 Å². The lowest BCUT2D eigenvalue weighted by atomic mass is 9.78. The highest BCUT2D eigenvalue weighted by Gasteiger charge is 2.35. The van der Waals surface area contributed by atoms with Gasteiger partial charge in [-0.15, -0.1) is 11.3 Å². The van der Waals surface area contributed by atoms with Gasteiger partial charge in [0.2, 0.25) is 5.91 Å². The van der Waals surface area contributed by atoms with Crippen LogP contribution in [0.15, 0.2) is 5.38 Å². The summed E-state index contributed by atoms with van der Waals surface area (Å²) in [5.74, 6) is 0.980. The Hall–Kier alpha value is -1.10. The summed E-state index contributed by atoms with van der Waals surface area (Å²) in [7, 11) is 0. The summed E-state index contributed by atoms with van der Waals surface area (Å²) >= 11 is 1.41. The maximum atomic E-state index is 12.5. The number of nitrogens with zero attached hydrogens (tertiary/aromatic N) is 2. The Labute approximate surface area is 118 Å². The maximum Gasteiger partial charge on any atom is 0.228 e. The quantitative estimate of drug-likeness (QED) is 0.904. The monoisotopic (exact) mass is 279 g/mol. The lowest BCUT2D eigenvalue weighted by Crippen LogP contribution is -2.50. The molecule has 19 heavy (non-hydrogen) atoms. The van der Waals surface area contributed by atoms with E-state index in [9.17, 15) is 4.79 Å². The molecule has 1 saturated heterocycles. The zero-order chi connectivity index (χ0) is 13.2. The van der Waals surface area contributed by atoms with Crippen molar-refractivity contribution in [2.75, 3.05) is 12.3 Å². The largest absolute Gasteiger partial charge is 0.375 e. The molecule has 2 unspecified atom stereocenters. The van der Waals surface area contributed by atoms with Crippen LogP contribution in [0, 0.1) is 5.92 Å². The predicted octanol–water partition coefficient (Wildman–Crippen LogP) is 2.45. The molecule has 1 aromatic heterocycles. The smallest absolute Gasteiger partial charge is 0.228 e.